The number of nitrogens with two attached hydrogens (primary N) is 1. The van der Waals surface area contributed by atoms with Crippen molar-refractivity contribution >= 4 is 17.9 Å². The summed E-state index contributed by atoms with van der Waals surface area (Å²) in [6.07, 6.45) is 1.52. The van der Waals surface area contributed by atoms with Crippen LogP contribution in [0.4, 0.5) is 4.79 Å². The van der Waals surface area contributed by atoms with Gasteiger partial charge < -0.3 is 25.6 Å². The summed E-state index contributed by atoms with van der Waals surface area (Å²) in [6, 6.07) is 5.95. The number of carbonyl (C=O) groups is 2. The van der Waals surface area contributed by atoms with E-state index in [0.29, 0.717) is 18.8 Å². The smallest absolute Gasteiger partial charge is 0.408 e. The van der Waals surface area contributed by atoms with E-state index in [0.717, 1.165) is 18.4 Å². The van der Waals surface area contributed by atoms with Gasteiger partial charge in [-0.05, 0) is 51.3 Å². The monoisotopic (exact) mass is 379 g/mol. The molecule has 5 N–H and O–H groups in total. The zero-order valence-electron chi connectivity index (χ0n) is 16.1. The van der Waals surface area contributed by atoms with Gasteiger partial charge in [0.25, 0.3) is 0 Å². The Balaban J connectivity index is 2.51. The average molecular weight is 379 g/mol. The molecule has 0 bridgehead atoms. The third kappa shape index (κ3) is 10.1. The molecule has 0 aliphatic heterocycles. The molecule has 0 spiro atoms. The number of carboxylic acid groups (broad SMARTS) is 1. The second-order valence-corrected chi connectivity index (χ2v) is 7.22. The molecule has 0 radical (unpaired) electrons. The Labute approximate surface area is 159 Å². The van der Waals surface area contributed by atoms with Crippen LogP contribution in [0.15, 0.2) is 24.3 Å². The fourth-order valence-electron chi connectivity index (χ4n) is 2.21. The molecule has 27 heavy (non-hydrogen) atoms. The quantitative estimate of drug-likeness (QED) is 0.280. The van der Waals surface area contributed by atoms with Crippen molar-refractivity contribution in [1.29, 1.82) is 5.41 Å². The number of ether oxygens (including phenoxy) is 2. The van der Waals surface area contributed by atoms with Gasteiger partial charge in [-0.3, -0.25) is 5.41 Å². The van der Waals surface area contributed by atoms with Crippen LogP contribution in [0.3, 0.4) is 0 Å². The molecule has 0 aromatic heterocycles. The minimum absolute atomic E-state index is 0.132. The molecule has 8 nitrogen and oxygen atoms in total. The third-order valence-corrected chi connectivity index (χ3v) is 3.46. The van der Waals surface area contributed by atoms with E-state index < -0.39 is 23.7 Å². The van der Waals surface area contributed by atoms with Crippen LogP contribution in [0.25, 0.3) is 0 Å². The summed E-state index contributed by atoms with van der Waals surface area (Å²) < 4.78 is 10.7. The highest BCUT2D eigenvalue weighted by atomic mass is 16.6. The summed E-state index contributed by atoms with van der Waals surface area (Å²) in [5.74, 6) is -0.285. The Bertz CT molecular complexity index is 638. The number of rotatable bonds is 10. The van der Waals surface area contributed by atoms with E-state index in [4.69, 9.17) is 20.6 Å². The molecule has 1 amide bonds. The van der Waals surface area contributed by atoms with Crippen LogP contribution in [-0.4, -0.2) is 41.3 Å². The minimum atomic E-state index is -1.13. The SMILES string of the molecule is CC(C)(C)OC(=O)N[C@@H](Cc1ccc(OCCCCC(=N)N)cc1)C(=O)O. The standard InChI is InChI=1S/C19H29N3O5/c1-19(2,3)27-18(25)22-15(17(23)24)12-13-7-9-14(10-8-13)26-11-5-4-6-16(20)21/h7-10,15H,4-6,11-12H2,1-3H3,(H3,20,21)(H,22,25)(H,23,24)/t15-/m0/s1. The third-order valence-electron chi connectivity index (χ3n) is 3.46. The molecule has 0 unspecified atom stereocenters. The number of unbranched alkanes of at least 4 members (excludes halogenated alkanes) is 1. The number of benzene rings is 1. The number of aliphatic carboxylic acids is 1. The first kappa shape index (κ1) is 22.3. The lowest BCUT2D eigenvalue weighted by molar-refractivity contribution is -0.139. The van der Waals surface area contributed by atoms with Gasteiger partial charge in [0.15, 0.2) is 0 Å². The second kappa shape index (κ2) is 10.4. The van der Waals surface area contributed by atoms with Crippen molar-refractivity contribution < 1.29 is 24.2 Å². The van der Waals surface area contributed by atoms with E-state index in [-0.39, 0.29) is 12.3 Å². The zero-order chi connectivity index (χ0) is 20.4. The Morgan fingerprint density at radius 3 is 2.37 bits per heavy atom. The predicted octanol–water partition coefficient (Wildman–Crippen LogP) is 2.69. The highest BCUT2D eigenvalue weighted by Crippen LogP contribution is 2.15. The molecular formula is C19H29N3O5. The van der Waals surface area contributed by atoms with Crippen LogP contribution in [0.5, 0.6) is 5.75 Å². The zero-order valence-corrected chi connectivity index (χ0v) is 16.1. The number of carbonyl (C=O) groups excluding carboxylic acids is 1. The average Bonchev–Trinajstić information content (AvgIpc) is 2.53. The van der Waals surface area contributed by atoms with Gasteiger partial charge in [0.2, 0.25) is 0 Å². The molecule has 0 aliphatic rings. The lowest BCUT2D eigenvalue weighted by atomic mass is 10.1. The lowest BCUT2D eigenvalue weighted by Crippen LogP contribution is -2.44. The van der Waals surface area contributed by atoms with E-state index in [9.17, 15) is 14.7 Å². The van der Waals surface area contributed by atoms with Crippen molar-refractivity contribution in [3.63, 3.8) is 0 Å². The van der Waals surface area contributed by atoms with Crippen molar-refractivity contribution in [3.8, 4) is 5.75 Å². The molecule has 1 aromatic carbocycles. The van der Waals surface area contributed by atoms with E-state index in [1.54, 1.807) is 45.0 Å². The summed E-state index contributed by atoms with van der Waals surface area (Å²) >= 11 is 0. The van der Waals surface area contributed by atoms with Gasteiger partial charge in [0.05, 0.1) is 12.4 Å². The first-order valence-corrected chi connectivity index (χ1v) is 8.84. The van der Waals surface area contributed by atoms with E-state index in [1.807, 2.05) is 0 Å². The Hall–Kier alpha value is -2.77. The molecule has 1 atom stereocenters. The lowest BCUT2D eigenvalue weighted by Gasteiger charge is -2.22. The molecule has 8 heteroatoms. The van der Waals surface area contributed by atoms with Gasteiger partial charge >= 0.3 is 12.1 Å². The van der Waals surface area contributed by atoms with Crippen LogP contribution in [0.1, 0.15) is 45.6 Å². The number of hydrogen-bond donors (Lipinski definition) is 4. The van der Waals surface area contributed by atoms with Gasteiger partial charge in [0.1, 0.15) is 17.4 Å². The van der Waals surface area contributed by atoms with Crippen LogP contribution in [0, 0.1) is 5.41 Å². The summed E-state index contributed by atoms with van der Waals surface area (Å²) in [4.78, 5) is 23.2. The van der Waals surface area contributed by atoms with Crippen molar-refractivity contribution in [2.45, 2.75) is 58.1 Å². The summed E-state index contributed by atoms with van der Waals surface area (Å²) in [7, 11) is 0. The summed E-state index contributed by atoms with van der Waals surface area (Å²) in [6.45, 7) is 5.65. The Kier molecular flexibility index (Phi) is 8.58. The molecule has 0 aliphatic carbocycles. The maximum atomic E-state index is 11.8. The molecule has 1 rings (SSSR count). The normalized spacial score (nSPS) is 12.1. The summed E-state index contributed by atoms with van der Waals surface area (Å²) in [5, 5.41) is 18.8. The predicted molar refractivity (Wildman–Crippen MR) is 102 cm³/mol. The molecule has 1 aromatic rings. The molecule has 0 saturated heterocycles. The van der Waals surface area contributed by atoms with Gasteiger partial charge in [0, 0.05) is 12.8 Å². The van der Waals surface area contributed by atoms with Crippen LogP contribution in [0.2, 0.25) is 0 Å². The number of amides is 1. The molecule has 0 heterocycles. The fraction of sp³-hybridized carbons (Fsp3) is 0.526. The topological polar surface area (TPSA) is 135 Å². The van der Waals surface area contributed by atoms with Crippen molar-refractivity contribution in [2.24, 2.45) is 5.73 Å². The fourth-order valence-corrected chi connectivity index (χ4v) is 2.21. The number of hydrogen-bond acceptors (Lipinski definition) is 5. The molecular weight excluding hydrogens is 350 g/mol. The maximum Gasteiger partial charge on any atom is 0.408 e. The minimum Gasteiger partial charge on any atom is -0.494 e. The first-order valence-electron chi connectivity index (χ1n) is 8.84. The number of nitrogens with one attached hydrogen (secondary N) is 2. The van der Waals surface area contributed by atoms with Crippen molar-refractivity contribution in [3.05, 3.63) is 29.8 Å². The van der Waals surface area contributed by atoms with Crippen molar-refractivity contribution in [2.75, 3.05) is 6.61 Å². The number of alkyl carbamates (subject to hydrolysis) is 1. The van der Waals surface area contributed by atoms with Crippen LogP contribution >= 0.6 is 0 Å². The molecule has 0 saturated carbocycles. The van der Waals surface area contributed by atoms with Crippen LogP contribution in [-0.2, 0) is 16.0 Å². The van der Waals surface area contributed by atoms with Crippen molar-refractivity contribution in [1.82, 2.24) is 5.32 Å². The number of carboxylic acids is 1. The van der Waals surface area contributed by atoms with Gasteiger partial charge in [-0.2, -0.15) is 0 Å². The van der Waals surface area contributed by atoms with Gasteiger partial charge in [-0.15, -0.1) is 0 Å². The van der Waals surface area contributed by atoms with E-state index in [2.05, 4.69) is 5.32 Å². The maximum absolute atomic E-state index is 11.8. The highest BCUT2D eigenvalue weighted by molar-refractivity contribution is 5.80. The Morgan fingerprint density at radius 2 is 1.85 bits per heavy atom. The van der Waals surface area contributed by atoms with Gasteiger partial charge in [-0.1, -0.05) is 12.1 Å². The summed E-state index contributed by atoms with van der Waals surface area (Å²) in [5.41, 5.74) is 5.34. The molecule has 0 fully saturated rings. The Morgan fingerprint density at radius 1 is 1.22 bits per heavy atom. The first-order chi connectivity index (χ1) is 12.6. The second-order valence-electron chi connectivity index (χ2n) is 7.22. The number of amidine groups is 1. The highest BCUT2D eigenvalue weighted by Gasteiger charge is 2.24. The largest absolute Gasteiger partial charge is 0.494 e. The van der Waals surface area contributed by atoms with Gasteiger partial charge in [-0.25, -0.2) is 9.59 Å². The van der Waals surface area contributed by atoms with E-state index >= 15 is 0 Å². The van der Waals surface area contributed by atoms with Crippen LogP contribution < -0.4 is 15.8 Å². The van der Waals surface area contributed by atoms with E-state index in [1.165, 1.54) is 0 Å². The molecule has 150 valence electrons.